The Morgan fingerprint density at radius 3 is 1.06 bits per heavy atom. The molecule has 0 aliphatic carbocycles. The molecule has 0 bridgehead atoms. The van der Waals surface area contributed by atoms with Gasteiger partial charge in [0.25, 0.3) is 0 Å². The van der Waals surface area contributed by atoms with Crippen molar-refractivity contribution in [3.8, 4) is 0 Å². The Balaban J connectivity index is 3.66. The van der Waals surface area contributed by atoms with Crippen molar-refractivity contribution in [3.05, 3.63) is 0 Å². The minimum absolute atomic E-state index is 0.114. The summed E-state index contributed by atoms with van der Waals surface area (Å²) in [6.45, 7) is 1.92. The maximum absolute atomic E-state index is 8.86. The van der Waals surface area contributed by atoms with Crippen molar-refractivity contribution >= 4 is 0 Å². The molecular weight excluding hydrogens is 236 g/mol. The van der Waals surface area contributed by atoms with E-state index in [1.807, 2.05) is 0 Å². The molecule has 0 aromatic rings. The molecule has 0 spiro atoms. The predicted octanol–water partition coefficient (Wildman–Crippen LogP) is -1.57. The van der Waals surface area contributed by atoms with Crippen LogP contribution in [0.5, 0.6) is 0 Å². The Labute approximate surface area is 109 Å². The molecule has 6 heteroatoms. The van der Waals surface area contributed by atoms with Gasteiger partial charge in [0, 0.05) is 51.6 Å². The van der Waals surface area contributed by atoms with Crippen LogP contribution in [0.15, 0.2) is 0 Å². The van der Waals surface area contributed by atoms with Crippen molar-refractivity contribution in [1.29, 1.82) is 0 Å². The maximum atomic E-state index is 8.86. The molecule has 0 aromatic heterocycles. The number of aliphatic hydroxyl groups excluding tert-OH is 4. The second-order valence-corrected chi connectivity index (χ2v) is 4.35. The van der Waals surface area contributed by atoms with E-state index in [9.17, 15) is 0 Å². The van der Waals surface area contributed by atoms with E-state index in [1.165, 1.54) is 0 Å². The molecule has 0 amide bonds. The molecular formula is C12H28N2O4. The quantitative estimate of drug-likeness (QED) is 0.225. The smallest absolute Gasteiger partial charge is 0.0445 e. The van der Waals surface area contributed by atoms with E-state index in [0.29, 0.717) is 25.7 Å². The first-order chi connectivity index (χ1) is 8.78. The van der Waals surface area contributed by atoms with Gasteiger partial charge >= 0.3 is 0 Å². The van der Waals surface area contributed by atoms with Gasteiger partial charge in [-0.05, 0) is 25.7 Å². The summed E-state index contributed by atoms with van der Waals surface area (Å²) in [5.74, 6) is 0. The maximum Gasteiger partial charge on any atom is 0.0445 e. The van der Waals surface area contributed by atoms with Crippen LogP contribution in [-0.2, 0) is 0 Å². The van der Waals surface area contributed by atoms with E-state index in [4.69, 9.17) is 20.4 Å². The average molecular weight is 264 g/mol. The van der Waals surface area contributed by atoms with Crippen molar-refractivity contribution in [3.63, 3.8) is 0 Å². The molecule has 0 unspecified atom stereocenters. The van der Waals surface area contributed by atoms with E-state index in [1.54, 1.807) is 0 Å². The lowest BCUT2D eigenvalue weighted by Crippen LogP contribution is -2.40. The first-order valence-electron chi connectivity index (χ1n) is 6.68. The van der Waals surface area contributed by atoms with Crippen LogP contribution in [0.4, 0.5) is 0 Å². The molecule has 110 valence electrons. The van der Waals surface area contributed by atoms with Crippen molar-refractivity contribution in [2.45, 2.75) is 37.8 Å². The van der Waals surface area contributed by atoms with Gasteiger partial charge in [-0.3, -0.25) is 0 Å². The minimum atomic E-state index is 0.114. The second-order valence-electron chi connectivity index (χ2n) is 4.35. The van der Waals surface area contributed by atoms with Crippen LogP contribution in [0, 0.1) is 0 Å². The minimum Gasteiger partial charge on any atom is -0.396 e. The van der Waals surface area contributed by atoms with Gasteiger partial charge in [-0.25, -0.2) is 0 Å². The predicted molar refractivity (Wildman–Crippen MR) is 70.4 cm³/mol. The van der Waals surface area contributed by atoms with Crippen molar-refractivity contribution in [2.75, 3.05) is 39.5 Å². The summed E-state index contributed by atoms with van der Waals surface area (Å²) in [6, 6.07) is 0.270. The zero-order chi connectivity index (χ0) is 13.6. The average Bonchev–Trinajstić information content (AvgIpc) is 2.35. The van der Waals surface area contributed by atoms with Gasteiger partial charge in [-0.2, -0.15) is 0 Å². The van der Waals surface area contributed by atoms with E-state index >= 15 is 0 Å². The number of aliphatic hydroxyl groups is 4. The van der Waals surface area contributed by atoms with Gasteiger partial charge in [0.1, 0.15) is 0 Å². The summed E-state index contributed by atoms with van der Waals surface area (Å²) < 4.78 is 0. The zero-order valence-electron chi connectivity index (χ0n) is 11.0. The summed E-state index contributed by atoms with van der Waals surface area (Å²) >= 11 is 0. The molecule has 0 saturated carbocycles. The molecule has 0 aliphatic rings. The highest BCUT2D eigenvalue weighted by Gasteiger charge is 2.08. The normalized spacial score (nSPS) is 11.7. The highest BCUT2D eigenvalue weighted by Crippen LogP contribution is 1.97. The monoisotopic (exact) mass is 264 g/mol. The van der Waals surface area contributed by atoms with Gasteiger partial charge in [-0.15, -0.1) is 0 Å². The third-order valence-electron chi connectivity index (χ3n) is 2.90. The number of rotatable bonds is 13. The van der Waals surface area contributed by atoms with Crippen molar-refractivity contribution < 1.29 is 20.4 Å². The van der Waals surface area contributed by atoms with Gasteiger partial charge in [-0.1, -0.05) is 0 Å². The van der Waals surface area contributed by atoms with Crippen molar-refractivity contribution in [2.24, 2.45) is 0 Å². The van der Waals surface area contributed by atoms with Crippen LogP contribution in [0.2, 0.25) is 0 Å². The van der Waals surface area contributed by atoms with Gasteiger partial charge in [0.15, 0.2) is 0 Å². The molecule has 0 rings (SSSR count). The topological polar surface area (TPSA) is 105 Å². The van der Waals surface area contributed by atoms with Gasteiger partial charge in [0.2, 0.25) is 0 Å². The molecule has 6 nitrogen and oxygen atoms in total. The second kappa shape index (κ2) is 13.2. The van der Waals surface area contributed by atoms with E-state index in [2.05, 4.69) is 10.6 Å². The number of hydrogen-bond acceptors (Lipinski definition) is 6. The Hall–Kier alpha value is -0.240. The molecule has 0 fully saturated rings. The Morgan fingerprint density at radius 1 is 0.556 bits per heavy atom. The largest absolute Gasteiger partial charge is 0.396 e. The van der Waals surface area contributed by atoms with Crippen LogP contribution in [0.25, 0.3) is 0 Å². The third-order valence-corrected chi connectivity index (χ3v) is 2.90. The van der Waals surface area contributed by atoms with Crippen LogP contribution >= 0.6 is 0 Å². The van der Waals surface area contributed by atoms with Gasteiger partial charge < -0.3 is 31.1 Å². The molecule has 6 N–H and O–H groups in total. The third kappa shape index (κ3) is 9.76. The highest BCUT2D eigenvalue weighted by atomic mass is 16.3. The highest BCUT2D eigenvalue weighted by molar-refractivity contribution is 4.70. The summed E-state index contributed by atoms with van der Waals surface area (Å²) in [5, 5.41) is 41.9. The summed E-state index contributed by atoms with van der Waals surface area (Å²) in [7, 11) is 0. The number of nitrogens with one attached hydrogen (secondary N) is 2. The fraction of sp³-hybridized carbons (Fsp3) is 1.00. The lowest BCUT2D eigenvalue weighted by atomic mass is 10.1. The van der Waals surface area contributed by atoms with Crippen LogP contribution in [0.3, 0.4) is 0 Å². The molecule has 0 saturated heterocycles. The fourth-order valence-electron chi connectivity index (χ4n) is 1.87. The zero-order valence-corrected chi connectivity index (χ0v) is 11.0. The molecule has 0 aromatic carbocycles. The van der Waals surface area contributed by atoms with E-state index in [-0.39, 0.29) is 38.5 Å². The van der Waals surface area contributed by atoms with Crippen LogP contribution < -0.4 is 10.6 Å². The van der Waals surface area contributed by atoms with Crippen molar-refractivity contribution in [1.82, 2.24) is 10.6 Å². The van der Waals surface area contributed by atoms with E-state index in [0.717, 1.165) is 13.1 Å². The molecule has 0 radical (unpaired) electrons. The Kier molecular flexibility index (Phi) is 13.0. The first kappa shape index (κ1) is 17.8. The Bertz CT molecular complexity index is 142. The molecule has 0 atom stereocenters. The summed E-state index contributed by atoms with van der Waals surface area (Å²) in [4.78, 5) is 0. The lowest BCUT2D eigenvalue weighted by molar-refractivity contribution is 0.220. The summed E-state index contributed by atoms with van der Waals surface area (Å²) in [6.07, 6.45) is 2.54. The SMILES string of the molecule is OCCC(CCO)NCCNC(CCO)CCO. The standard InChI is InChI=1S/C12H28N2O4/c15-7-1-11(2-8-16)13-5-6-14-12(3-9-17)4-10-18/h11-18H,1-10H2. The fourth-order valence-corrected chi connectivity index (χ4v) is 1.87. The van der Waals surface area contributed by atoms with Crippen LogP contribution in [0.1, 0.15) is 25.7 Å². The molecule has 18 heavy (non-hydrogen) atoms. The Morgan fingerprint density at radius 2 is 0.833 bits per heavy atom. The number of hydrogen-bond donors (Lipinski definition) is 6. The van der Waals surface area contributed by atoms with Crippen LogP contribution in [-0.4, -0.2) is 72.0 Å². The summed E-state index contributed by atoms with van der Waals surface area (Å²) in [5.41, 5.74) is 0. The molecule has 0 heterocycles. The van der Waals surface area contributed by atoms with E-state index < -0.39 is 0 Å². The first-order valence-corrected chi connectivity index (χ1v) is 6.68. The molecule has 0 aliphatic heterocycles. The lowest BCUT2D eigenvalue weighted by Gasteiger charge is -2.20. The van der Waals surface area contributed by atoms with Gasteiger partial charge in [0.05, 0.1) is 0 Å².